The van der Waals surface area contributed by atoms with Gasteiger partial charge in [0.15, 0.2) is 0 Å². The molecule has 0 aromatic heterocycles. The van der Waals surface area contributed by atoms with E-state index in [0.29, 0.717) is 18.9 Å². The fourth-order valence-electron chi connectivity index (χ4n) is 3.30. The van der Waals surface area contributed by atoms with E-state index in [9.17, 15) is 13.2 Å². The largest absolute Gasteiger partial charge is 0.492 e. The van der Waals surface area contributed by atoms with E-state index in [0.717, 1.165) is 43.4 Å². The molecule has 0 spiro atoms. The molecule has 5 heteroatoms. The number of rotatable bonds is 6. The Kier molecular flexibility index (Phi) is 5.63. The molecule has 1 saturated heterocycles. The van der Waals surface area contributed by atoms with Crippen LogP contribution < -0.4 is 4.74 Å². The van der Waals surface area contributed by atoms with Crippen LogP contribution in [0.2, 0.25) is 0 Å². The zero-order valence-corrected chi connectivity index (χ0v) is 14.0. The summed E-state index contributed by atoms with van der Waals surface area (Å²) in [6.45, 7) is 3.35. The third-order valence-electron chi connectivity index (χ3n) is 4.57. The van der Waals surface area contributed by atoms with E-state index in [2.05, 4.69) is 4.90 Å². The average Bonchev–Trinajstić information content (AvgIpc) is 3.03. The Bertz CT molecular complexity index is 672. The highest BCUT2D eigenvalue weighted by Gasteiger charge is 2.30. The number of likely N-dealkylation sites (tertiary alicyclic amines) is 1. The Morgan fingerprint density at radius 2 is 1.84 bits per heavy atom. The van der Waals surface area contributed by atoms with Crippen molar-refractivity contribution in [2.45, 2.75) is 19.0 Å². The van der Waals surface area contributed by atoms with E-state index in [1.807, 2.05) is 30.3 Å². The van der Waals surface area contributed by atoms with Gasteiger partial charge >= 0.3 is 6.18 Å². The van der Waals surface area contributed by atoms with Crippen LogP contribution in [0.4, 0.5) is 13.2 Å². The van der Waals surface area contributed by atoms with E-state index in [4.69, 9.17) is 4.74 Å². The molecule has 0 amide bonds. The molecule has 2 aromatic rings. The van der Waals surface area contributed by atoms with Gasteiger partial charge in [0, 0.05) is 13.1 Å². The first-order valence-corrected chi connectivity index (χ1v) is 8.57. The summed E-state index contributed by atoms with van der Waals surface area (Å²) in [6.07, 6.45) is -2.56. The van der Waals surface area contributed by atoms with Gasteiger partial charge in [-0.15, -0.1) is 0 Å². The van der Waals surface area contributed by atoms with Crippen LogP contribution in [-0.2, 0) is 12.6 Å². The average molecular weight is 349 g/mol. The highest BCUT2D eigenvalue weighted by atomic mass is 19.4. The maximum Gasteiger partial charge on any atom is 0.416 e. The van der Waals surface area contributed by atoms with Gasteiger partial charge in [0.25, 0.3) is 0 Å². The lowest BCUT2D eigenvalue weighted by atomic mass is 9.97. The molecule has 2 aromatic carbocycles. The first-order valence-electron chi connectivity index (χ1n) is 8.57. The van der Waals surface area contributed by atoms with Crippen LogP contribution >= 0.6 is 0 Å². The van der Waals surface area contributed by atoms with Gasteiger partial charge in [0.1, 0.15) is 12.4 Å². The molecule has 0 aliphatic carbocycles. The van der Waals surface area contributed by atoms with Crippen molar-refractivity contribution in [3.8, 4) is 5.75 Å². The molecule has 1 unspecified atom stereocenters. The van der Waals surface area contributed by atoms with Crippen molar-refractivity contribution < 1.29 is 17.9 Å². The molecule has 25 heavy (non-hydrogen) atoms. The predicted octanol–water partition coefficient (Wildman–Crippen LogP) is 4.65. The molecule has 3 rings (SSSR count). The van der Waals surface area contributed by atoms with Crippen molar-refractivity contribution in [2.75, 3.05) is 26.2 Å². The van der Waals surface area contributed by atoms with Crippen LogP contribution in [0.1, 0.15) is 17.5 Å². The predicted molar refractivity (Wildman–Crippen MR) is 91.6 cm³/mol. The van der Waals surface area contributed by atoms with Crippen molar-refractivity contribution in [1.29, 1.82) is 0 Å². The second-order valence-corrected chi connectivity index (χ2v) is 6.52. The van der Waals surface area contributed by atoms with Crippen LogP contribution in [0.15, 0.2) is 54.6 Å². The lowest BCUT2D eigenvalue weighted by Gasteiger charge is -2.17. The molecule has 0 saturated carbocycles. The number of benzene rings is 2. The Hall–Kier alpha value is -2.01. The van der Waals surface area contributed by atoms with Crippen molar-refractivity contribution in [2.24, 2.45) is 5.92 Å². The summed E-state index contributed by atoms with van der Waals surface area (Å²) >= 11 is 0. The monoisotopic (exact) mass is 349 g/mol. The SMILES string of the molecule is FC(F)(F)c1cccc(CC2CCN(CCOc3ccccc3)C2)c1. The van der Waals surface area contributed by atoms with Gasteiger partial charge in [-0.05, 0) is 49.1 Å². The van der Waals surface area contributed by atoms with Crippen LogP contribution in [0, 0.1) is 5.92 Å². The summed E-state index contributed by atoms with van der Waals surface area (Å²) in [4.78, 5) is 2.32. The smallest absolute Gasteiger partial charge is 0.416 e. The number of hydrogen-bond donors (Lipinski definition) is 0. The Morgan fingerprint density at radius 1 is 1.04 bits per heavy atom. The minimum absolute atomic E-state index is 0.403. The fourth-order valence-corrected chi connectivity index (χ4v) is 3.30. The summed E-state index contributed by atoms with van der Waals surface area (Å²) in [5.41, 5.74) is 0.207. The Labute approximate surface area is 146 Å². The first kappa shape index (κ1) is 17.8. The van der Waals surface area contributed by atoms with Gasteiger partial charge in [0.05, 0.1) is 5.56 Å². The Balaban J connectivity index is 1.45. The second-order valence-electron chi connectivity index (χ2n) is 6.52. The minimum Gasteiger partial charge on any atom is -0.492 e. The molecule has 1 aliphatic rings. The minimum atomic E-state index is -4.27. The van der Waals surface area contributed by atoms with E-state index in [-0.39, 0.29) is 0 Å². The summed E-state index contributed by atoms with van der Waals surface area (Å²) in [5, 5.41) is 0. The van der Waals surface area contributed by atoms with Crippen LogP contribution in [0.3, 0.4) is 0 Å². The highest BCUT2D eigenvalue weighted by Crippen LogP contribution is 2.30. The fraction of sp³-hybridized carbons (Fsp3) is 0.400. The normalized spacial score (nSPS) is 18.4. The standard InChI is InChI=1S/C20H22F3NO/c21-20(22,23)18-6-4-5-16(14-18)13-17-9-10-24(15-17)11-12-25-19-7-2-1-3-8-19/h1-8,14,17H,9-13,15H2. The summed E-state index contributed by atoms with van der Waals surface area (Å²) in [5.74, 6) is 1.27. The van der Waals surface area contributed by atoms with Crippen molar-refractivity contribution in [3.63, 3.8) is 0 Å². The van der Waals surface area contributed by atoms with Crippen molar-refractivity contribution in [3.05, 3.63) is 65.7 Å². The van der Waals surface area contributed by atoms with Crippen LogP contribution in [0.5, 0.6) is 5.75 Å². The van der Waals surface area contributed by atoms with Crippen LogP contribution in [-0.4, -0.2) is 31.1 Å². The molecule has 0 radical (unpaired) electrons. The molecular weight excluding hydrogens is 327 g/mol. The van der Waals surface area contributed by atoms with E-state index >= 15 is 0 Å². The van der Waals surface area contributed by atoms with Gasteiger partial charge < -0.3 is 4.74 Å². The Morgan fingerprint density at radius 3 is 2.60 bits per heavy atom. The summed E-state index contributed by atoms with van der Waals surface area (Å²) < 4.78 is 44.1. The van der Waals surface area contributed by atoms with Crippen LogP contribution in [0.25, 0.3) is 0 Å². The molecular formula is C20H22F3NO. The molecule has 134 valence electrons. The number of alkyl halides is 3. The van der Waals surface area contributed by atoms with E-state index < -0.39 is 11.7 Å². The first-order chi connectivity index (χ1) is 12.0. The quantitative estimate of drug-likeness (QED) is 0.753. The van der Waals surface area contributed by atoms with Crippen molar-refractivity contribution >= 4 is 0 Å². The zero-order valence-electron chi connectivity index (χ0n) is 14.0. The van der Waals surface area contributed by atoms with E-state index in [1.54, 1.807) is 6.07 Å². The molecule has 1 fully saturated rings. The number of hydrogen-bond acceptors (Lipinski definition) is 2. The topological polar surface area (TPSA) is 12.5 Å². The number of halogens is 3. The maximum absolute atomic E-state index is 12.8. The van der Waals surface area contributed by atoms with Gasteiger partial charge in [-0.3, -0.25) is 4.90 Å². The lowest BCUT2D eigenvalue weighted by Crippen LogP contribution is -2.26. The molecule has 1 atom stereocenters. The summed E-state index contributed by atoms with van der Waals surface area (Å²) in [7, 11) is 0. The maximum atomic E-state index is 12.8. The number of nitrogens with zero attached hydrogens (tertiary/aromatic N) is 1. The van der Waals surface area contributed by atoms with Crippen molar-refractivity contribution in [1.82, 2.24) is 4.90 Å². The number of para-hydroxylation sites is 1. The van der Waals surface area contributed by atoms with Gasteiger partial charge in [-0.2, -0.15) is 13.2 Å². The molecule has 1 aliphatic heterocycles. The number of ether oxygens (including phenoxy) is 1. The van der Waals surface area contributed by atoms with E-state index in [1.165, 1.54) is 12.1 Å². The molecule has 0 bridgehead atoms. The lowest BCUT2D eigenvalue weighted by molar-refractivity contribution is -0.137. The van der Waals surface area contributed by atoms with Gasteiger partial charge in [0.2, 0.25) is 0 Å². The highest BCUT2D eigenvalue weighted by molar-refractivity contribution is 5.26. The zero-order chi connectivity index (χ0) is 17.7. The summed E-state index contributed by atoms with van der Waals surface area (Å²) in [6, 6.07) is 15.4. The molecule has 2 nitrogen and oxygen atoms in total. The van der Waals surface area contributed by atoms with Gasteiger partial charge in [-0.25, -0.2) is 0 Å². The molecule has 0 N–H and O–H groups in total. The third-order valence-corrected chi connectivity index (χ3v) is 4.57. The third kappa shape index (κ3) is 5.23. The molecule has 1 heterocycles. The van der Waals surface area contributed by atoms with Gasteiger partial charge in [-0.1, -0.05) is 36.4 Å². The second kappa shape index (κ2) is 7.91.